The van der Waals surface area contributed by atoms with Gasteiger partial charge in [-0.05, 0) is 51.8 Å². The molecule has 0 aliphatic rings. The van der Waals surface area contributed by atoms with Crippen molar-refractivity contribution in [2.75, 3.05) is 0 Å². The zero-order chi connectivity index (χ0) is 18.8. The molecule has 0 aliphatic heterocycles. The molecule has 0 fully saturated rings. The van der Waals surface area contributed by atoms with E-state index >= 15 is 0 Å². The van der Waals surface area contributed by atoms with E-state index in [4.69, 9.17) is 27.9 Å². The predicted molar refractivity (Wildman–Crippen MR) is 99.9 cm³/mol. The van der Waals surface area contributed by atoms with Gasteiger partial charge in [0.1, 0.15) is 5.60 Å². The lowest BCUT2D eigenvalue weighted by molar-refractivity contribution is 0.0470. The molecule has 0 radical (unpaired) electrons. The van der Waals surface area contributed by atoms with Crippen molar-refractivity contribution in [2.24, 2.45) is 0 Å². The van der Waals surface area contributed by atoms with Gasteiger partial charge in [-0.3, -0.25) is 0 Å². The Morgan fingerprint density at radius 2 is 1.68 bits per heavy atom. The van der Waals surface area contributed by atoms with Crippen LogP contribution in [0.1, 0.15) is 40.2 Å². The highest BCUT2D eigenvalue weighted by Gasteiger charge is 2.26. The zero-order valence-electron chi connectivity index (χ0n) is 14.9. The number of ether oxygens (including phenoxy) is 1. The number of nitrogens with one attached hydrogen (secondary N) is 1. The van der Waals surface area contributed by atoms with Crippen LogP contribution in [0.25, 0.3) is 11.3 Å². The lowest BCUT2D eigenvalue weighted by Gasteiger charge is -2.29. The zero-order valence-corrected chi connectivity index (χ0v) is 16.4. The largest absolute Gasteiger partial charge is 0.444 e. The molecule has 0 saturated carbocycles. The van der Waals surface area contributed by atoms with Crippen LogP contribution in [0.3, 0.4) is 0 Å². The van der Waals surface area contributed by atoms with E-state index in [9.17, 15) is 4.79 Å². The summed E-state index contributed by atoms with van der Waals surface area (Å²) < 4.78 is 5.32. The van der Waals surface area contributed by atoms with E-state index in [0.717, 1.165) is 11.1 Å². The summed E-state index contributed by atoms with van der Waals surface area (Å²) in [6.45, 7) is 9.28. The Morgan fingerprint density at radius 1 is 1.08 bits per heavy atom. The molecule has 1 heterocycles. The van der Waals surface area contributed by atoms with Crippen LogP contribution in [-0.4, -0.2) is 21.7 Å². The van der Waals surface area contributed by atoms with Crippen LogP contribution in [-0.2, 0) is 10.3 Å². The molecule has 134 valence electrons. The van der Waals surface area contributed by atoms with Crippen molar-refractivity contribution >= 4 is 29.3 Å². The number of carbonyl (C=O) groups excluding carboxylic acids is 1. The highest BCUT2D eigenvalue weighted by molar-refractivity contribution is 6.33. The van der Waals surface area contributed by atoms with Crippen LogP contribution >= 0.6 is 23.2 Å². The second-order valence-electron chi connectivity index (χ2n) is 7.16. The van der Waals surface area contributed by atoms with Crippen molar-refractivity contribution in [3.05, 3.63) is 46.3 Å². The predicted octanol–water partition coefficient (Wildman–Crippen LogP) is 5.21. The van der Waals surface area contributed by atoms with E-state index in [1.165, 1.54) is 6.20 Å². The lowest BCUT2D eigenvalue weighted by Crippen LogP contribution is -2.43. The third-order valence-electron chi connectivity index (χ3n) is 3.41. The molecule has 0 aliphatic carbocycles. The van der Waals surface area contributed by atoms with Crippen LogP contribution in [0, 0.1) is 0 Å². The Hall–Kier alpha value is -1.85. The highest BCUT2D eigenvalue weighted by atomic mass is 35.5. The van der Waals surface area contributed by atoms with Crippen molar-refractivity contribution in [2.45, 2.75) is 45.8 Å². The summed E-state index contributed by atoms with van der Waals surface area (Å²) in [4.78, 5) is 20.0. The van der Waals surface area contributed by atoms with Crippen molar-refractivity contribution in [3.63, 3.8) is 0 Å². The summed E-state index contributed by atoms with van der Waals surface area (Å²) in [5.41, 5.74) is 1.14. The number of nitrogens with zero attached hydrogens (tertiary/aromatic N) is 2. The van der Waals surface area contributed by atoms with E-state index in [-0.39, 0.29) is 5.28 Å². The van der Waals surface area contributed by atoms with E-state index < -0.39 is 17.2 Å². The molecule has 0 atom stereocenters. The fourth-order valence-corrected chi connectivity index (χ4v) is 2.56. The second-order valence-corrected chi connectivity index (χ2v) is 7.91. The molecule has 1 aromatic heterocycles. The molecule has 1 N–H and O–H groups in total. The standard InChI is InChI=1S/C18H21Cl2N3O2/c1-17(2,3)25-16(24)23-18(4,5)12-8-6-11(7-9-12)14-13(19)10-21-15(20)22-14/h6-10H,1-5H3,(H,23,24). The van der Waals surface area contributed by atoms with Gasteiger partial charge in [0, 0.05) is 5.56 Å². The van der Waals surface area contributed by atoms with Crippen LogP contribution < -0.4 is 5.32 Å². The summed E-state index contributed by atoms with van der Waals surface area (Å²) in [6, 6.07) is 7.55. The molecule has 0 unspecified atom stereocenters. The number of rotatable bonds is 3. The number of halogens is 2. The van der Waals surface area contributed by atoms with Gasteiger partial charge >= 0.3 is 6.09 Å². The summed E-state index contributed by atoms with van der Waals surface area (Å²) in [6.07, 6.45) is 1.00. The maximum atomic E-state index is 12.0. The van der Waals surface area contributed by atoms with Gasteiger partial charge in [0.05, 0.1) is 22.5 Å². The van der Waals surface area contributed by atoms with E-state index in [1.807, 2.05) is 58.9 Å². The van der Waals surface area contributed by atoms with Crippen LogP contribution in [0.15, 0.2) is 30.5 Å². The minimum absolute atomic E-state index is 0.135. The maximum Gasteiger partial charge on any atom is 0.408 e. The van der Waals surface area contributed by atoms with Crippen molar-refractivity contribution < 1.29 is 9.53 Å². The Bertz CT molecular complexity index is 769. The quantitative estimate of drug-likeness (QED) is 0.740. The lowest BCUT2D eigenvalue weighted by atomic mass is 9.93. The third kappa shape index (κ3) is 5.31. The average molecular weight is 382 g/mol. The molecule has 1 aromatic carbocycles. The first-order chi connectivity index (χ1) is 11.5. The van der Waals surface area contributed by atoms with E-state index in [0.29, 0.717) is 10.7 Å². The van der Waals surface area contributed by atoms with Crippen LogP contribution in [0.4, 0.5) is 4.79 Å². The molecular formula is C18H21Cl2N3O2. The highest BCUT2D eigenvalue weighted by Crippen LogP contribution is 2.29. The number of hydrogen-bond donors (Lipinski definition) is 1. The topological polar surface area (TPSA) is 64.1 Å². The van der Waals surface area contributed by atoms with Gasteiger partial charge < -0.3 is 10.1 Å². The average Bonchev–Trinajstić information content (AvgIpc) is 2.47. The Labute approximate surface area is 157 Å². The van der Waals surface area contributed by atoms with Crippen LogP contribution in [0.5, 0.6) is 0 Å². The van der Waals surface area contributed by atoms with Gasteiger partial charge in [0.15, 0.2) is 0 Å². The van der Waals surface area contributed by atoms with Crippen molar-refractivity contribution in [1.29, 1.82) is 0 Å². The monoisotopic (exact) mass is 381 g/mol. The van der Waals surface area contributed by atoms with Crippen molar-refractivity contribution in [3.8, 4) is 11.3 Å². The minimum atomic E-state index is -0.603. The summed E-state index contributed by atoms with van der Waals surface area (Å²) >= 11 is 12.0. The van der Waals surface area contributed by atoms with Gasteiger partial charge in [0.2, 0.25) is 5.28 Å². The van der Waals surface area contributed by atoms with E-state index in [1.54, 1.807) is 0 Å². The second kappa shape index (κ2) is 7.18. The first-order valence-electron chi connectivity index (χ1n) is 7.78. The summed E-state index contributed by atoms with van der Waals surface area (Å²) in [5.74, 6) is 0. The van der Waals surface area contributed by atoms with E-state index in [2.05, 4.69) is 15.3 Å². The first kappa shape index (κ1) is 19.5. The minimum Gasteiger partial charge on any atom is -0.444 e. The Kier molecular flexibility index (Phi) is 5.59. The van der Waals surface area contributed by atoms with Crippen molar-refractivity contribution in [1.82, 2.24) is 15.3 Å². The summed E-state index contributed by atoms with van der Waals surface area (Å²) in [5, 5.41) is 3.43. The number of alkyl carbamates (subject to hydrolysis) is 1. The normalized spacial score (nSPS) is 12.0. The number of aromatic nitrogens is 2. The molecule has 7 heteroatoms. The number of carbonyl (C=O) groups is 1. The van der Waals surface area contributed by atoms with Gasteiger partial charge in [-0.25, -0.2) is 14.8 Å². The Morgan fingerprint density at radius 3 is 2.24 bits per heavy atom. The maximum absolute atomic E-state index is 12.0. The number of benzene rings is 1. The smallest absolute Gasteiger partial charge is 0.408 e. The van der Waals surface area contributed by atoms with Gasteiger partial charge in [0.25, 0.3) is 0 Å². The molecule has 1 amide bonds. The van der Waals surface area contributed by atoms with Gasteiger partial charge in [-0.1, -0.05) is 35.9 Å². The molecule has 0 spiro atoms. The fourth-order valence-electron chi connectivity index (χ4n) is 2.22. The molecule has 0 saturated heterocycles. The first-order valence-corrected chi connectivity index (χ1v) is 8.54. The molecule has 2 aromatic rings. The summed E-state index contributed by atoms with van der Waals surface area (Å²) in [7, 11) is 0. The fraction of sp³-hybridized carbons (Fsp3) is 0.389. The van der Waals surface area contributed by atoms with Gasteiger partial charge in [-0.2, -0.15) is 0 Å². The van der Waals surface area contributed by atoms with Gasteiger partial charge in [-0.15, -0.1) is 0 Å². The molecular weight excluding hydrogens is 361 g/mol. The molecule has 0 bridgehead atoms. The van der Waals surface area contributed by atoms with Crippen LogP contribution in [0.2, 0.25) is 10.3 Å². The molecule has 2 rings (SSSR count). The molecule has 5 nitrogen and oxygen atoms in total. The third-order valence-corrected chi connectivity index (χ3v) is 3.87. The number of hydrogen-bond acceptors (Lipinski definition) is 4. The Balaban J connectivity index is 2.21. The molecule has 25 heavy (non-hydrogen) atoms. The SMILES string of the molecule is CC(C)(C)OC(=O)NC(C)(C)c1ccc(-c2nc(Cl)ncc2Cl)cc1. The number of amides is 1.